The van der Waals surface area contributed by atoms with Crippen molar-refractivity contribution in [1.82, 2.24) is 4.90 Å². The molecule has 4 heteroatoms. The molecular formula is C15H24N2O2. The van der Waals surface area contributed by atoms with E-state index in [9.17, 15) is 4.79 Å². The molecule has 0 heterocycles. The van der Waals surface area contributed by atoms with E-state index in [2.05, 4.69) is 41.8 Å². The van der Waals surface area contributed by atoms with Crippen LogP contribution in [-0.2, 0) is 4.79 Å². The first-order chi connectivity index (χ1) is 8.90. The Morgan fingerprint density at radius 1 is 1.16 bits per heavy atom. The fourth-order valence-electron chi connectivity index (χ4n) is 1.96. The zero-order valence-corrected chi connectivity index (χ0v) is 12.3. The SMILES string of the molecule is Cc1ccc(C)c(N(CCC(=O)O)CCN(C)C)c1. The van der Waals surface area contributed by atoms with Crippen molar-refractivity contribution in [2.45, 2.75) is 20.3 Å². The van der Waals surface area contributed by atoms with Gasteiger partial charge in [-0.3, -0.25) is 4.79 Å². The number of hydrogen-bond donors (Lipinski definition) is 1. The van der Waals surface area contributed by atoms with Crippen molar-refractivity contribution in [3.8, 4) is 0 Å². The average Bonchev–Trinajstić information content (AvgIpc) is 2.32. The summed E-state index contributed by atoms with van der Waals surface area (Å²) in [7, 11) is 4.05. The highest BCUT2D eigenvalue weighted by Crippen LogP contribution is 2.21. The van der Waals surface area contributed by atoms with Crippen molar-refractivity contribution in [2.24, 2.45) is 0 Å². The minimum Gasteiger partial charge on any atom is -0.481 e. The average molecular weight is 264 g/mol. The summed E-state index contributed by atoms with van der Waals surface area (Å²) in [5, 5.41) is 8.87. The first-order valence-electron chi connectivity index (χ1n) is 6.59. The Labute approximate surface area is 115 Å². The van der Waals surface area contributed by atoms with Crippen molar-refractivity contribution >= 4 is 11.7 Å². The molecule has 0 aromatic heterocycles. The molecule has 4 nitrogen and oxygen atoms in total. The Bertz CT molecular complexity index is 430. The van der Waals surface area contributed by atoms with Gasteiger partial charge in [0.15, 0.2) is 0 Å². The van der Waals surface area contributed by atoms with Crippen LogP contribution in [0, 0.1) is 13.8 Å². The van der Waals surface area contributed by atoms with Crippen molar-refractivity contribution in [3.63, 3.8) is 0 Å². The van der Waals surface area contributed by atoms with E-state index in [0.717, 1.165) is 18.8 Å². The van der Waals surface area contributed by atoms with E-state index in [1.165, 1.54) is 11.1 Å². The standard InChI is InChI=1S/C15H24N2O2/c1-12-5-6-13(2)14(11-12)17(8-7-15(18)19)10-9-16(3)4/h5-6,11H,7-10H2,1-4H3,(H,18,19). The van der Waals surface area contributed by atoms with Crippen LogP contribution in [0.3, 0.4) is 0 Å². The first kappa shape index (κ1) is 15.5. The number of likely N-dealkylation sites (N-methyl/N-ethyl adjacent to an activating group) is 1. The summed E-state index contributed by atoms with van der Waals surface area (Å²) in [6.07, 6.45) is 0.167. The monoisotopic (exact) mass is 264 g/mol. The van der Waals surface area contributed by atoms with Crippen LogP contribution in [0.2, 0.25) is 0 Å². The lowest BCUT2D eigenvalue weighted by Gasteiger charge is -2.27. The lowest BCUT2D eigenvalue weighted by Crippen LogP contribution is -2.33. The van der Waals surface area contributed by atoms with Crippen molar-refractivity contribution in [2.75, 3.05) is 38.6 Å². The second kappa shape index (κ2) is 7.14. The van der Waals surface area contributed by atoms with E-state index < -0.39 is 5.97 Å². The molecule has 0 saturated carbocycles. The largest absolute Gasteiger partial charge is 0.481 e. The van der Waals surface area contributed by atoms with Gasteiger partial charge in [0, 0.05) is 25.3 Å². The van der Waals surface area contributed by atoms with E-state index in [-0.39, 0.29) is 6.42 Å². The van der Waals surface area contributed by atoms with Gasteiger partial charge in [0.05, 0.1) is 6.42 Å². The van der Waals surface area contributed by atoms with Gasteiger partial charge in [-0.2, -0.15) is 0 Å². The molecule has 0 atom stereocenters. The zero-order chi connectivity index (χ0) is 14.4. The van der Waals surface area contributed by atoms with Gasteiger partial charge in [-0.25, -0.2) is 0 Å². The topological polar surface area (TPSA) is 43.8 Å². The van der Waals surface area contributed by atoms with Crippen LogP contribution in [-0.4, -0.2) is 49.7 Å². The van der Waals surface area contributed by atoms with Gasteiger partial charge < -0.3 is 14.9 Å². The van der Waals surface area contributed by atoms with Crippen LogP contribution >= 0.6 is 0 Å². The van der Waals surface area contributed by atoms with Crippen LogP contribution in [0.1, 0.15) is 17.5 Å². The number of rotatable bonds is 7. The van der Waals surface area contributed by atoms with Crippen LogP contribution in [0.25, 0.3) is 0 Å². The molecule has 0 radical (unpaired) electrons. The van der Waals surface area contributed by atoms with Gasteiger partial charge in [0.1, 0.15) is 0 Å². The van der Waals surface area contributed by atoms with E-state index >= 15 is 0 Å². The van der Waals surface area contributed by atoms with Gasteiger partial charge in [-0.1, -0.05) is 12.1 Å². The molecule has 0 aliphatic rings. The summed E-state index contributed by atoms with van der Waals surface area (Å²) in [6.45, 7) is 6.42. The predicted molar refractivity (Wildman–Crippen MR) is 78.9 cm³/mol. The Morgan fingerprint density at radius 3 is 2.42 bits per heavy atom. The van der Waals surface area contributed by atoms with Crippen molar-refractivity contribution in [1.29, 1.82) is 0 Å². The molecular weight excluding hydrogens is 240 g/mol. The van der Waals surface area contributed by atoms with Gasteiger partial charge in [0.25, 0.3) is 0 Å². The number of hydrogen-bond acceptors (Lipinski definition) is 3. The number of aryl methyl sites for hydroxylation is 2. The highest BCUT2D eigenvalue weighted by Gasteiger charge is 2.11. The summed E-state index contributed by atoms with van der Waals surface area (Å²) in [4.78, 5) is 15.1. The third kappa shape index (κ3) is 5.30. The minimum absolute atomic E-state index is 0.167. The molecule has 0 amide bonds. The second-order valence-electron chi connectivity index (χ2n) is 5.22. The molecule has 19 heavy (non-hydrogen) atoms. The lowest BCUT2D eigenvalue weighted by molar-refractivity contribution is -0.136. The lowest BCUT2D eigenvalue weighted by atomic mass is 10.1. The summed E-state index contributed by atoms with van der Waals surface area (Å²) >= 11 is 0. The first-order valence-corrected chi connectivity index (χ1v) is 6.59. The van der Waals surface area contributed by atoms with Gasteiger partial charge in [0.2, 0.25) is 0 Å². The zero-order valence-electron chi connectivity index (χ0n) is 12.3. The van der Waals surface area contributed by atoms with Crippen LogP contribution in [0.4, 0.5) is 5.69 Å². The van der Waals surface area contributed by atoms with E-state index in [4.69, 9.17) is 5.11 Å². The molecule has 1 rings (SSSR count). The number of aliphatic carboxylic acids is 1. The summed E-state index contributed by atoms with van der Waals surface area (Å²) in [5.74, 6) is -0.750. The van der Waals surface area contributed by atoms with Crippen molar-refractivity contribution in [3.05, 3.63) is 29.3 Å². The van der Waals surface area contributed by atoms with Crippen LogP contribution in [0.5, 0.6) is 0 Å². The molecule has 0 bridgehead atoms. The normalized spacial score (nSPS) is 10.8. The fraction of sp³-hybridized carbons (Fsp3) is 0.533. The van der Waals surface area contributed by atoms with E-state index in [1.54, 1.807) is 0 Å². The Morgan fingerprint density at radius 2 is 1.84 bits per heavy atom. The second-order valence-corrected chi connectivity index (χ2v) is 5.22. The van der Waals surface area contributed by atoms with Gasteiger partial charge in [-0.05, 0) is 45.1 Å². The molecule has 0 aliphatic heterocycles. The van der Waals surface area contributed by atoms with Crippen molar-refractivity contribution < 1.29 is 9.90 Å². The van der Waals surface area contributed by atoms with Gasteiger partial charge >= 0.3 is 5.97 Å². The number of nitrogens with zero attached hydrogens (tertiary/aromatic N) is 2. The maximum atomic E-state index is 10.8. The molecule has 0 aliphatic carbocycles. The smallest absolute Gasteiger partial charge is 0.305 e. The molecule has 106 valence electrons. The van der Waals surface area contributed by atoms with Crippen LogP contribution in [0.15, 0.2) is 18.2 Å². The predicted octanol–water partition coefficient (Wildman–Crippen LogP) is 2.15. The summed E-state index contributed by atoms with van der Waals surface area (Å²) in [5.41, 5.74) is 3.53. The number of carbonyl (C=O) groups is 1. The number of carboxylic acids is 1. The molecule has 1 aromatic carbocycles. The van der Waals surface area contributed by atoms with Crippen LogP contribution < -0.4 is 4.90 Å². The Balaban J connectivity index is 2.86. The highest BCUT2D eigenvalue weighted by molar-refractivity contribution is 5.68. The van der Waals surface area contributed by atoms with Gasteiger partial charge in [-0.15, -0.1) is 0 Å². The Kier molecular flexibility index (Phi) is 5.83. The summed E-state index contributed by atoms with van der Waals surface area (Å²) in [6, 6.07) is 6.31. The maximum Gasteiger partial charge on any atom is 0.305 e. The molecule has 0 saturated heterocycles. The quantitative estimate of drug-likeness (QED) is 0.819. The third-order valence-corrected chi connectivity index (χ3v) is 3.12. The molecule has 0 spiro atoms. The minimum atomic E-state index is -0.750. The molecule has 0 fully saturated rings. The highest BCUT2D eigenvalue weighted by atomic mass is 16.4. The Hall–Kier alpha value is -1.55. The molecule has 1 aromatic rings. The molecule has 1 N–H and O–H groups in total. The number of anilines is 1. The molecule has 0 unspecified atom stereocenters. The number of carboxylic acid groups (broad SMARTS) is 1. The fourth-order valence-corrected chi connectivity index (χ4v) is 1.96. The number of benzene rings is 1. The van der Waals surface area contributed by atoms with E-state index in [0.29, 0.717) is 6.54 Å². The summed E-state index contributed by atoms with van der Waals surface area (Å²) < 4.78 is 0. The maximum absolute atomic E-state index is 10.8. The van der Waals surface area contributed by atoms with E-state index in [1.807, 2.05) is 14.1 Å². The third-order valence-electron chi connectivity index (χ3n) is 3.12.